The van der Waals surface area contributed by atoms with E-state index in [1.165, 1.54) is 30.3 Å². The van der Waals surface area contributed by atoms with Gasteiger partial charge in [-0.15, -0.1) is 0 Å². The van der Waals surface area contributed by atoms with Crippen molar-refractivity contribution in [3.05, 3.63) is 63.9 Å². The fourth-order valence-corrected chi connectivity index (χ4v) is 3.83. The maximum absolute atomic E-state index is 13.4. The number of halogens is 2. The van der Waals surface area contributed by atoms with Crippen molar-refractivity contribution in [1.29, 1.82) is 0 Å². The van der Waals surface area contributed by atoms with Crippen LogP contribution in [0.5, 0.6) is 0 Å². The third-order valence-electron chi connectivity index (χ3n) is 3.32. The molecular weight excluding hydrogens is 401 g/mol. The summed E-state index contributed by atoms with van der Waals surface area (Å²) in [6.45, 7) is 0.829. The molecule has 0 aliphatic carbocycles. The average molecular weight is 416 g/mol. The van der Waals surface area contributed by atoms with Crippen molar-refractivity contribution >= 4 is 31.9 Å². The van der Waals surface area contributed by atoms with Gasteiger partial charge in [0.25, 0.3) is 0 Å². The first-order valence-corrected chi connectivity index (χ1v) is 9.16. The maximum atomic E-state index is 13.4. The van der Waals surface area contributed by atoms with E-state index in [0.29, 0.717) is 10.0 Å². The molecule has 2 aromatic rings. The fourth-order valence-electron chi connectivity index (χ4n) is 2.09. The number of nitrogens with zero attached hydrogens (tertiary/aromatic N) is 1. The van der Waals surface area contributed by atoms with Crippen LogP contribution in [-0.4, -0.2) is 30.3 Å². The van der Waals surface area contributed by atoms with Gasteiger partial charge in [-0.25, -0.2) is 12.8 Å². The number of sulfonamides is 1. The fraction of sp³-hybridized carbons (Fsp3) is 0.188. The quantitative estimate of drug-likeness (QED) is 0.785. The zero-order valence-electron chi connectivity index (χ0n) is 12.7. The Morgan fingerprint density at radius 2 is 1.83 bits per heavy atom. The molecule has 0 saturated heterocycles. The molecule has 2 rings (SSSR count). The minimum atomic E-state index is -4.03. The lowest BCUT2D eigenvalue weighted by atomic mass is 10.2. The molecule has 0 radical (unpaired) electrons. The summed E-state index contributed by atoms with van der Waals surface area (Å²) in [6.07, 6.45) is 0. The molecule has 0 aliphatic heterocycles. The van der Waals surface area contributed by atoms with Crippen LogP contribution in [0.3, 0.4) is 0 Å². The predicted octanol–water partition coefficient (Wildman–Crippen LogP) is 3.17. The van der Waals surface area contributed by atoms with Crippen LogP contribution < -0.4 is 0 Å². The smallest absolute Gasteiger partial charge is 0.318 e. The van der Waals surface area contributed by atoms with Crippen LogP contribution in [0.2, 0.25) is 0 Å². The molecule has 0 fully saturated rings. The number of rotatable bonds is 6. The molecule has 8 heteroatoms. The summed E-state index contributed by atoms with van der Waals surface area (Å²) in [4.78, 5) is 11.1. The highest BCUT2D eigenvalue weighted by Gasteiger charge is 2.27. The molecule has 0 atom stereocenters. The molecule has 5 nitrogen and oxygen atoms in total. The lowest BCUT2D eigenvalue weighted by Gasteiger charge is -2.21. The topological polar surface area (TPSA) is 74.7 Å². The molecule has 0 unspecified atom stereocenters. The Balaban J connectivity index is 2.42. The van der Waals surface area contributed by atoms with Crippen LogP contribution in [-0.2, 0) is 21.4 Å². The molecule has 0 heterocycles. The van der Waals surface area contributed by atoms with E-state index in [4.69, 9.17) is 5.11 Å². The summed E-state index contributed by atoms with van der Waals surface area (Å²) in [5.41, 5.74) is 1.22. The van der Waals surface area contributed by atoms with Crippen LogP contribution in [0.25, 0.3) is 0 Å². The Hall–Kier alpha value is -1.77. The summed E-state index contributed by atoms with van der Waals surface area (Å²) in [7, 11) is -4.03. The Bertz CT molecular complexity index is 853. The van der Waals surface area contributed by atoms with Gasteiger partial charge in [0, 0.05) is 11.0 Å². The molecule has 0 aliphatic rings. The highest BCUT2D eigenvalue weighted by atomic mass is 79.9. The largest absolute Gasteiger partial charge is 0.480 e. The standard InChI is InChI=1S/C16H15BrFNO4S/c1-11-2-5-14(6-3-11)24(22,23)19(10-16(20)21)9-12-8-13(18)4-7-15(12)17/h2-8H,9-10H2,1H3,(H,20,21). The van der Waals surface area contributed by atoms with Gasteiger partial charge >= 0.3 is 5.97 Å². The molecule has 0 aromatic heterocycles. The van der Waals surface area contributed by atoms with E-state index in [0.717, 1.165) is 9.87 Å². The SMILES string of the molecule is Cc1ccc(S(=O)(=O)N(CC(=O)O)Cc2cc(F)ccc2Br)cc1. The number of hydrogen-bond donors (Lipinski definition) is 1. The van der Waals surface area contributed by atoms with Gasteiger partial charge in [0.2, 0.25) is 10.0 Å². The minimum Gasteiger partial charge on any atom is -0.480 e. The highest BCUT2D eigenvalue weighted by Crippen LogP contribution is 2.23. The lowest BCUT2D eigenvalue weighted by molar-refractivity contribution is -0.137. The Labute approximate surface area is 147 Å². The van der Waals surface area contributed by atoms with Crippen LogP contribution in [0.4, 0.5) is 4.39 Å². The van der Waals surface area contributed by atoms with Gasteiger partial charge in [-0.05, 0) is 42.8 Å². The van der Waals surface area contributed by atoms with Crippen molar-refractivity contribution in [2.75, 3.05) is 6.54 Å². The van der Waals surface area contributed by atoms with Gasteiger partial charge in [-0.2, -0.15) is 4.31 Å². The van der Waals surface area contributed by atoms with Crippen molar-refractivity contribution < 1.29 is 22.7 Å². The molecule has 0 saturated carbocycles. The van der Waals surface area contributed by atoms with Gasteiger partial charge < -0.3 is 5.11 Å². The number of benzene rings is 2. The van der Waals surface area contributed by atoms with Gasteiger partial charge in [-0.1, -0.05) is 33.6 Å². The first-order chi connectivity index (χ1) is 11.2. The zero-order valence-corrected chi connectivity index (χ0v) is 15.1. The predicted molar refractivity (Wildman–Crippen MR) is 90.5 cm³/mol. The molecule has 1 N–H and O–H groups in total. The molecule has 0 amide bonds. The van der Waals surface area contributed by atoms with Gasteiger partial charge in [0.05, 0.1) is 4.90 Å². The van der Waals surface area contributed by atoms with Gasteiger partial charge in [-0.3, -0.25) is 4.79 Å². The van der Waals surface area contributed by atoms with Crippen molar-refractivity contribution in [3.63, 3.8) is 0 Å². The lowest BCUT2D eigenvalue weighted by Crippen LogP contribution is -2.35. The van der Waals surface area contributed by atoms with E-state index >= 15 is 0 Å². The number of aliphatic carboxylic acids is 1. The average Bonchev–Trinajstić information content (AvgIpc) is 2.50. The van der Waals surface area contributed by atoms with Gasteiger partial charge in [0.1, 0.15) is 12.4 Å². The highest BCUT2D eigenvalue weighted by molar-refractivity contribution is 9.10. The Kier molecular flexibility index (Phi) is 5.74. The first-order valence-electron chi connectivity index (χ1n) is 6.92. The Morgan fingerprint density at radius 1 is 1.21 bits per heavy atom. The van der Waals surface area contributed by atoms with E-state index in [9.17, 15) is 17.6 Å². The number of carboxylic acid groups (broad SMARTS) is 1. The summed E-state index contributed by atoms with van der Waals surface area (Å²) in [5.74, 6) is -1.82. The molecule has 0 bridgehead atoms. The van der Waals surface area contributed by atoms with Crippen LogP contribution in [0.1, 0.15) is 11.1 Å². The van der Waals surface area contributed by atoms with E-state index < -0.39 is 28.4 Å². The first kappa shape index (κ1) is 18.6. The molecular formula is C16H15BrFNO4S. The molecule has 2 aromatic carbocycles. The van der Waals surface area contributed by atoms with E-state index in [1.807, 2.05) is 6.92 Å². The van der Waals surface area contributed by atoms with E-state index in [-0.39, 0.29) is 11.4 Å². The van der Waals surface area contributed by atoms with Crippen molar-refractivity contribution in [1.82, 2.24) is 4.31 Å². The second-order valence-corrected chi connectivity index (χ2v) is 8.01. The number of hydrogen-bond acceptors (Lipinski definition) is 3. The van der Waals surface area contributed by atoms with Crippen LogP contribution >= 0.6 is 15.9 Å². The van der Waals surface area contributed by atoms with E-state index in [1.54, 1.807) is 12.1 Å². The maximum Gasteiger partial charge on any atom is 0.318 e. The Morgan fingerprint density at radius 3 is 2.42 bits per heavy atom. The third kappa shape index (κ3) is 4.40. The second kappa shape index (κ2) is 7.42. The van der Waals surface area contributed by atoms with Crippen molar-refractivity contribution in [3.8, 4) is 0 Å². The normalized spacial score (nSPS) is 11.7. The van der Waals surface area contributed by atoms with Crippen molar-refractivity contribution in [2.24, 2.45) is 0 Å². The number of carbonyl (C=O) groups is 1. The number of aryl methyl sites for hydroxylation is 1. The molecule has 128 valence electrons. The summed E-state index contributed by atoms with van der Waals surface area (Å²) in [6, 6.07) is 9.93. The van der Waals surface area contributed by atoms with Crippen LogP contribution in [0.15, 0.2) is 51.8 Å². The summed E-state index contributed by atoms with van der Waals surface area (Å²) < 4.78 is 40.2. The monoisotopic (exact) mass is 415 g/mol. The van der Waals surface area contributed by atoms with E-state index in [2.05, 4.69) is 15.9 Å². The van der Waals surface area contributed by atoms with Crippen LogP contribution in [0, 0.1) is 12.7 Å². The van der Waals surface area contributed by atoms with Crippen molar-refractivity contribution in [2.45, 2.75) is 18.4 Å². The van der Waals surface area contributed by atoms with Gasteiger partial charge in [0.15, 0.2) is 0 Å². The summed E-state index contributed by atoms with van der Waals surface area (Å²) >= 11 is 3.22. The second-order valence-electron chi connectivity index (χ2n) is 5.22. The molecule has 0 spiro atoms. The third-order valence-corrected chi connectivity index (χ3v) is 5.90. The number of carboxylic acids is 1. The summed E-state index contributed by atoms with van der Waals surface area (Å²) in [5, 5.41) is 9.05. The minimum absolute atomic E-state index is 0.0122. The zero-order chi connectivity index (χ0) is 17.9. The molecule has 24 heavy (non-hydrogen) atoms.